The number of nitrogens with zero attached hydrogens (tertiary/aromatic N) is 3. The number of anilines is 1. The number of amides is 2. The topological polar surface area (TPSA) is 170 Å². The van der Waals surface area contributed by atoms with Gasteiger partial charge in [0.15, 0.2) is 6.61 Å². The van der Waals surface area contributed by atoms with Gasteiger partial charge in [0.25, 0.3) is 27.5 Å². The quantitative estimate of drug-likeness (QED) is 0.173. The molecule has 2 N–H and O–H groups in total. The highest BCUT2D eigenvalue weighted by molar-refractivity contribution is 7.92. The van der Waals surface area contributed by atoms with Gasteiger partial charge in [0, 0.05) is 19.2 Å². The number of para-hydroxylation sites is 2. The van der Waals surface area contributed by atoms with Crippen molar-refractivity contribution in [1.29, 1.82) is 0 Å². The fraction of sp³-hybridized carbons (Fsp3) is 0.250. The highest BCUT2D eigenvalue weighted by Crippen LogP contribution is 2.31. The third-order valence-corrected chi connectivity index (χ3v) is 7.94. The second-order valence-electron chi connectivity index (χ2n) is 9.16. The molecule has 3 aromatic carbocycles. The summed E-state index contributed by atoms with van der Waals surface area (Å²) in [6.07, 6.45) is 3.28. The number of carbonyl (C=O) groups excluding carboxylic acids is 2. The van der Waals surface area contributed by atoms with Gasteiger partial charge >= 0.3 is 0 Å². The van der Waals surface area contributed by atoms with Gasteiger partial charge in [-0.15, -0.1) is 0 Å². The van der Waals surface area contributed by atoms with Crippen molar-refractivity contribution in [2.75, 3.05) is 30.6 Å². The number of nitrogens with one attached hydrogen (secondary N) is 2. The molecular formula is C28H29N5O8S. The van der Waals surface area contributed by atoms with Gasteiger partial charge in [-0.1, -0.05) is 30.3 Å². The number of hydrogen-bond acceptors (Lipinski definition) is 9. The van der Waals surface area contributed by atoms with Crippen LogP contribution in [0.3, 0.4) is 0 Å². The van der Waals surface area contributed by atoms with Crippen molar-refractivity contribution in [3.63, 3.8) is 0 Å². The average molecular weight is 596 g/mol. The third-order valence-electron chi connectivity index (χ3n) is 6.17. The molecule has 220 valence electrons. The minimum absolute atomic E-state index is 0.0428. The number of benzene rings is 3. The molecule has 13 nitrogen and oxygen atoms in total. The van der Waals surface area contributed by atoms with E-state index in [0.717, 1.165) is 18.9 Å². The largest absolute Gasteiger partial charge is 0.484 e. The van der Waals surface area contributed by atoms with Crippen LogP contribution in [0.25, 0.3) is 0 Å². The van der Waals surface area contributed by atoms with Crippen LogP contribution in [0.1, 0.15) is 18.4 Å². The van der Waals surface area contributed by atoms with Crippen LogP contribution < -0.4 is 19.8 Å². The minimum Gasteiger partial charge on any atom is -0.484 e. The highest BCUT2D eigenvalue weighted by atomic mass is 32.2. The van der Waals surface area contributed by atoms with Crippen LogP contribution in [0.5, 0.6) is 5.75 Å². The molecule has 1 fully saturated rings. The lowest BCUT2D eigenvalue weighted by Crippen LogP contribution is -2.39. The molecule has 1 saturated heterocycles. The van der Waals surface area contributed by atoms with Gasteiger partial charge in [-0.25, -0.2) is 18.1 Å². The first kappa shape index (κ1) is 30.1. The molecule has 1 atom stereocenters. The summed E-state index contributed by atoms with van der Waals surface area (Å²) in [5.74, 6) is -0.629. The maximum atomic E-state index is 13.4. The molecule has 1 unspecified atom stereocenters. The molecule has 1 aliphatic heterocycles. The van der Waals surface area contributed by atoms with Gasteiger partial charge in [-0.05, 0) is 60.9 Å². The first-order valence-corrected chi connectivity index (χ1v) is 14.4. The number of nitro benzene ring substituents is 1. The Morgan fingerprint density at radius 3 is 2.45 bits per heavy atom. The van der Waals surface area contributed by atoms with Crippen molar-refractivity contribution in [1.82, 2.24) is 10.7 Å². The van der Waals surface area contributed by atoms with Crippen LogP contribution in [-0.2, 0) is 24.3 Å². The monoisotopic (exact) mass is 595 g/mol. The maximum Gasteiger partial charge on any atom is 0.293 e. The van der Waals surface area contributed by atoms with Crippen LogP contribution in [-0.4, -0.2) is 63.8 Å². The molecule has 0 aromatic heterocycles. The van der Waals surface area contributed by atoms with E-state index in [1.54, 1.807) is 30.3 Å². The van der Waals surface area contributed by atoms with E-state index in [1.165, 1.54) is 48.7 Å². The number of carbonyl (C=O) groups is 2. The van der Waals surface area contributed by atoms with E-state index >= 15 is 0 Å². The molecule has 0 aliphatic carbocycles. The number of rotatable bonds is 13. The summed E-state index contributed by atoms with van der Waals surface area (Å²) in [6.45, 7) is 0.240. The molecule has 1 heterocycles. The second kappa shape index (κ2) is 14.2. The molecule has 3 aromatic rings. The zero-order valence-corrected chi connectivity index (χ0v) is 23.2. The predicted octanol–water partition coefficient (Wildman–Crippen LogP) is 2.61. The van der Waals surface area contributed by atoms with Gasteiger partial charge in [-0.2, -0.15) is 5.10 Å². The lowest BCUT2D eigenvalue weighted by molar-refractivity contribution is -0.384. The summed E-state index contributed by atoms with van der Waals surface area (Å²) in [7, 11) is -4.34. The van der Waals surface area contributed by atoms with E-state index in [0.29, 0.717) is 28.8 Å². The standard InChI is InChI=1S/C28H29N5O8S/c34-27(19-32(25-10-4-5-11-26(25)33(36)37)42(38,39)24-8-2-1-3-9-24)31-30-17-21-12-14-22(15-13-21)41-20-28(35)29-18-23-7-6-16-40-23/h1-5,8-15,17,23H,6-7,16,18-20H2,(H,29,35)(H,31,34). The summed E-state index contributed by atoms with van der Waals surface area (Å²) in [5, 5.41) is 18.2. The van der Waals surface area contributed by atoms with E-state index in [4.69, 9.17) is 9.47 Å². The van der Waals surface area contributed by atoms with E-state index in [2.05, 4.69) is 15.8 Å². The van der Waals surface area contributed by atoms with E-state index in [1.807, 2.05) is 0 Å². The molecule has 1 aliphatic rings. The fourth-order valence-electron chi connectivity index (χ4n) is 4.08. The Balaban J connectivity index is 1.36. The normalized spacial score (nSPS) is 14.8. The third kappa shape index (κ3) is 8.11. The smallest absolute Gasteiger partial charge is 0.293 e. The fourth-order valence-corrected chi connectivity index (χ4v) is 5.53. The Labute approximate surface area is 242 Å². The van der Waals surface area contributed by atoms with Crippen molar-refractivity contribution >= 4 is 39.4 Å². The zero-order chi connectivity index (χ0) is 30.0. The van der Waals surface area contributed by atoms with Crippen LogP contribution in [0, 0.1) is 10.1 Å². The Hall–Kier alpha value is -4.82. The van der Waals surface area contributed by atoms with Gasteiger partial charge in [0.05, 0.1) is 22.1 Å². The van der Waals surface area contributed by atoms with Crippen molar-refractivity contribution < 1.29 is 32.4 Å². The highest BCUT2D eigenvalue weighted by Gasteiger charge is 2.31. The van der Waals surface area contributed by atoms with Crippen LogP contribution in [0.15, 0.2) is 88.9 Å². The van der Waals surface area contributed by atoms with Gasteiger partial charge in [0.1, 0.15) is 18.0 Å². The van der Waals surface area contributed by atoms with Crippen LogP contribution in [0.4, 0.5) is 11.4 Å². The molecule has 0 bridgehead atoms. The van der Waals surface area contributed by atoms with E-state index in [9.17, 15) is 28.1 Å². The Bertz CT molecular complexity index is 1530. The summed E-state index contributed by atoms with van der Waals surface area (Å²) < 4.78 is 38.4. The summed E-state index contributed by atoms with van der Waals surface area (Å²) in [5.41, 5.74) is 2.10. The molecular weight excluding hydrogens is 566 g/mol. The lowest BCUT2D eigenvalue weighted by Gasteiger charge is -2.23. The van der Waals surface area contributed by atoms with E-state index < -0.39 is 33.1 Å². The number of hydrazone groups is 1. The Morgan fingerprint density at radius 1 is 1.05 bits per heavy atom. The summed E-state index contributed by atoms with van der Waals surface area (Å²) in [6, 6.07) is 19.1. The van der Waals surface area contributed by atoms with E-state index in [-0.39, 0.29) is 29.2 Å². The van der Waals surface area contributed by atoms with Crippen LogP contribution in [0.2, 0.25) is 0 Å². The molecule has 14 heteroatoms. The number of hydrogen-bond donors (Lipinski definition) is 2. The van der Waals surface area contributed by atoms with Gasteiger partial charge in [0.2, 0.25) is 0 Å². The van der Waals surface area contributed by atoms with Crippen molar-refractivity contribution in [2.24, 2.45) is 5.10 Å². The van der Waals surface area contributed by atoms with Gasteiger partial charge < -0.3 is 14.8 Å². The molecule has 0 radical (unpaired) electrons. The summed E-state index contributed by atoms with van der Waals surface area (Å²) >= 11 is 0. The van der Waals surface area contributed by atoms with Crippen molar-refractivity contribution in [3.05, 3.63) is 94.5 Å². The maximum absolute atomic E-state index is 13.4. The molecule has 42 heavy (non-hydrogen) atoms. The number of nitro groups is 1. The first-order chi connectivity index (χ1) is 20.2. The number of sulfonamides is 1. The lowest BCUT2D eigenvalue weighted by atomic mass is 10.2. The minimum atomic E-state index is -4.34. The molecule has 0 saturated carbocycles. The summed E-state index contributed by atoms with van der Waals surface area (Å²) in [4.78, 5) is 35.5. The van der Waals surface area contributed by atoms with Crippen molar-refractivity contribution in [2.45, 2.75) is 23.8 Å². The number of ether oxygens (including phenoxy) is 2. The molecule has 2 amide bonds. The SMILES string of the molecule is O=C(COc1ccc(C=NNC(=O)CN(c2ccccc2[N+](=O)[O-])S(=O)(=O)c2ccccc2)cc1)NCC1CCCO1. The molecule has 4 rings (SSSR count). The van der Waals surface area contributed by atoms with Crippen LogP contribution >= 0.6 is 0 Å². The molecule has 0 spiro atoms. The second-order valence-corrected chi connectivity index (χ2v) is 11.0. The van der Waals surface area contributed by atoms with Gasteiger partial charge in [-0.3, -0.25) is 19.7 Å². The zero-order valence-electron chi connectivity index (χ0n) is 22.4. The predicted molar refractivity (Wildman–Crippen MR) is 154 cm³/mol. The first-order valence-electron chi connectivity index (χ1n) is 13.0. The average Bonchev–Trinajstić information content (AvgIpc) is 3.53. The Morgan fingerprint density at radius 2 is 1.76 bits per heavy atom. The van der Waals surface area contributed by atoms with Crippen molar-refractivity contribution in [3.8, 4) is 5.75 Å². The Kier molecular flexibility index (Phi) is 10.2.